The van der Waals surface area contributed by atoms with Gasteiger partial charge in [0.25, 0.3) is 0 Å². The van der Waals surface area contributed by atoms with Gasteiger partial charge in [-0.15, -0.1) is 0 Å². The van der Waals surface area contributed by atoms with E-state index in [0.717, 1.165) is 13.0 Å². The maximum Gasteiger partial charge on any atom is 0.0586 e. The summed E-state index contributed by atoms with van der Waals surface area (Å²) < 4.78 is 0. The van der Waals surface area contributed by atoms with Crippen LogP contribution in [0.4, 0.5) is 0 Å². The average molecular weight is 275 g/mol. The first kappa shape index (κ1) is 21.1. The molecule has 0 aliphatic heterocycles. The van der Waals surface area contributed by atoms with Crippen molar-refractivity contribution >= 4 is 0 Å². The van der Waals surface area contributed by atoms with Crippen molar-refractivity contribution < 1.29 is 5.11 Å². The molecule has 0 aliphatic carbocycles. The van der Waals surface area contributed by atoms with Crippen molar-refractivity contribution in [2.45, 2.75) is 77.7 Å². The van der Waals surface area contributed by atoms with Gasteiger partial charge in [0.15, 0.2) is 0 Å². The van der Waals surface area contributed by atoms with Gasteiger partial charge in [0.05, 0.1) is 6.61 Å². The van der Waals surface area contributed by atoms with E-state index in [4.69, 9.17) is 0 Å². The molecule has 0 radical (unpaired) electrons. The van der Waals surface area contributed by atoms with Crippen molar-refractivity contribution in [2.75, 3.05) is 20.2 Å². The van der Waals surface area contributed by atoms with Gasteiger partial charge in [-0.3, -0.25) is 11.7 Å². The van der Waals surface area contributed by atoms with Gasteiger partial charge in [-0.1, -0.05) is 58.8 Å². The third-order valence-electron chi connectivity index (χ3n) is 3.55. The van der Waals surface area contributed by atoms with E-state index in [1.807, 2.05) is 0 Å². The maximum absolute atomic E-state index is 9.35. The normalized spacial score (nSPS) is 12.2. The third-order valence-corrected chi connectivity index (χ3v) is 3.55. The van der Waals surface area contributed by atoms with Gasteiger partial charge in [0.2, 0.25) is 0 Å². The SMILES string of the molecule is CCCCCCCCCC(CO)N(C)CCC.NN. The molecule has 19 heavy (non-hydrogen) atoms. The molecule has 0 aromatic rings. The van der Waals surface area contributed by atoms with Crippen molar-refractivity contribution in [3.05, 3.63) is 0 Å². The Kier molecular flexibility index (Phi) is 19.9. The van der Waals surface area contributed by atoms with Gasteiger partial charge < -0.3 is 10.0 Å². The Morgan fingerprint density at radius 1 is 0.895 bits per heavy atom. The molecule has 5 N–H and O–H groups in total. The lowest BCUT2D eigenvalue weighted by atomic mass is 10.0. The van der Waals surface area contributed by atoms with Gasteiger partial charge in [-0.2, -0.15) is 0 Å². The fraction of sp³-hybridized carbons (Fsp3) is 1.00. The van der Waals surface area contributed by atoms with Crippen molar-refractivity contribution in [1.82, 2.24) is 4.90 Å². The van der Waals surface area contributed by atoms with Gasteiger partial charge in [0, 0.05) is 6.04 Å². The van der Waals surface area contributed by atoms with E-state index >= 15 is 0 Å². The number of rotatable bonds is 12. The zero-order valence-corrected chi connectivity index (χ0v) is 13.4. The monoisotopic (exact) mass is 275 g/mol. The molecular formula is C15H37N3O. The molecule has 0 saturated heterocycles. The highest BCUT2D eigenvalue weighted by molar-refractivity contribution is 4.67. The molecule has 4 nitrogen and oxygen atoms in total. The van der Waals surface area contributed by atoms with Crippen LogP contribution in [0.5, 0.6) is 0 Å². The van der Waals surface area contributed by atoms with Crippen LogP contribution in [0.25, 0.3) is 0 Å². The zero-order chi connectivity index (χ0) is 14.9. The highest BCUT2D eigenvalue weighted by atomic mass is 16.3. The zero-order valence-electron chi connectivity index (χ0n) is 13.4. The molecule has 0 aliphatic rings. The predicted molar refractivity (Wildman–Crippen MR) is 84.8 cm³/mol. The molecule has 118 valence electrons. The van der Waals surface area contributed by atoms with Crippen LogP contribution in [0.1, 0.15) is 71.6 Å². The number of hydrazine groups is 1. The number of unbranched alkanes of at least 4 members (excludes halogenated alkanes) is 6. The first-order valence-electron chi connectivity index (χ1n) is 7.90. The van der Waals surface area contributed by atoms with E-state index in [9.17, 15) is 5.11 Å². The Balaban J connectivity index is 0. The summed E-state index contributed by atoms with van der Waals surface area (Å²) in [5.74, 6) is 8.00. The van der Waals surface area contributed by atoms with Crippen LogP contribution in [0, 0.1) is 0 Å². The minimum absolute atomic E-state index is 0.312. The topological polar surface area (TPSA) is 75.5 Å². The fourth-order valence-electron chi connectivity index (χ4n) is 2.32. The summed E-state index contributed by atoms with van der Waals surface area (Å²) in [5.41, 5.74) is 0. The minimum atomic E-state index is 0.312. The molecule has 4 heteroatoms. The molecule has 0 spiro atoms. The Morgan fingerprint density at radius 2 is 1.42 bits per heavy atom. The van der Waals surface area contributed by atoms with Crippen molar-refractivity contribution in [2.24, 2.45) is 11.7 Å². The Labute approximate surface area is 120 Å². The van der Waals surface area contributed by atoms with Crippen molar-refractivity contribution in [3.8, 4) is 0 Å². The maximum atomic E-state index is 9.35. The largest absolute Gasteiger partial charge is 0.395 e. The van der Waals surface area contributed by atoms with E-state index < -0.39 is 0 Å². The summed E-state index contributed by atoms with van der Waals surface area (Å²) in [6.45, 7) is 5.86. The van der Waals surface area contributed by atoms with Gasteiger partial charge >= 0.3 is 0 Å². The summed E-state index contributed by atoms with van der Waals surface area (Å²) in [4.78, 5) is 2.30. The van der Waals surface area contributed by atoms with Crippen molar-refractivity contribution in [1.29, 1.82) is 0 Å². The van der Waals surface area contributed by atoms with Gasteiger partial charge in [-0.25, -0.2) is 0 Å². The highest BCUT2D eigenvalue weighted by Crippen LogP contribution is 2.12. The smallest absolute Gasteiger partial charge is 0.0586 e. The van der Waals surface area contributed by atoms with Crippen LogP contribution in [-0.4, -0.2) is 36.2 Å². The second-order valence-corrected chi connectivity index (χ2v) is 5.23. The summed E-state index contributed by atoms with van der Waals surface area (Å²) in [6, 6.07) is 0.380. The van der Waals surface area contributed by atoms with E-state index in [-0.39, 0.29) is 0 Å². The Morgan fingerprint density at radius 3 is 1.89 bits per heavy atom. The number of aliphatic hydroxyl groups is 1. The first-order valence-corrected chi connectivity index (χ1v) is 7.90. The Bertz CT molecular complexity index is 156. The summed E-state index contributed by atoms with van der Waals surface area (Å²) in [7, 11) is 2.13. The molecule has 0 aromatic heterocycles. The number of nitrogens with zero attached hydrogens (tertiary/aromatic N) is 1. The lowest BCUT2D eigenvalue weighted by Crippen LogP contribution is -2.35. The van der Waals surface area contributed by atoms with Gasteiger partial charge in [0.1, 0.15) is 0 Å². The van der Waals surface area contributed by atoms with Crippen LogP contribution < -0.4 is 11.7 Å². The molecule has 1 unspecified atom stereocenters. The summed E-state index contributed by atoms with van der Waals surface area (Å²) in [6.07, 6.45) is 11.8. The highest BCUT2D eigenvalue weighted by Gasteiger charge is 2.11. The number of aliphatic hydroxyl groups excluding tert-OH is 1. The number of hydrogen-bond donors (Lipinski definition) is 3. The summed E-state index contributed by atoms with van der Waals surface area (Å²) in [5, 5.41) is 9.35. The molecule has 0 fully saturated rings. The Hall–Kier alpha value is -0.160. The third kappa shape index (κ3) is 14.1. The molecule has 0 rings (SSSR count). The molecular weight excluding hydrogens is 238 g/mol. The minimum Gasteiger partial charge on any atom is -0.395 e. The molecule has 0 saturated carbocycles. The predicted octanol–water partition coefficient (Wildman–Crippen LogP) is 2.65. The van der Waals surface area contributed by atoms with Gasteiger partial charge in [-0.05, 0) is 26.4 Å². The molecule has 0 bridgehead atoms. The lowest BCUT2D eigenvalue weighted by molar-refractivity contribution is 0.137. The second-order valence-electron chi connectivity index (χ2n) is 5.23. The first-order chi connectivity index (χ1) is 9.26. The number of likely N-dealkylation sites (N-methyl/N-ethyl adjacent to an activating group) is 1. The van der Waals surface area contributed by atoms with E-state index in [2.05, 4.69) is 37.5 Å². The number of nitrogens with two attached hydrogens (primary N) is 2. The molecule has 0 heterocycles. The van der Waals surface area contributed by atoms with Crippen LogP contribution >= 0.6 is 0 Å². The van der Waals surface area contributed by atoms with Crippen LogP contribution in [0.15, 0.2) is 0 Å². The average Bonchev–Trinajstić information content (AvgIpc) is 2.44. The second kappa shape index (κ2) is 17.8. The quantitative estimate of drug-likeness (QED) is 0.291. The standard InChI is InChI=1S/C15H33NO.H4N2/c1-4-6-7-8-9-10-11-12-15(14-17)16(3)13-5-2;1-2/h15,17H,4-14H2,1-3H3;1-2H2. The molecule has 0 aromatic carbocycles. The molecule has 0 amide bonds. The van der Waals surface area contributed by atoms with Crippen molar-refractivity contribution in [3.63, 3.8) is 0 Å². The molecule has 1 atom stereocenters. The van der Waals surface area contributed by atoms with Crippen LogP contribution in [0.2, 0.25) is 0 Å². The van der Waals surface area contributed by atoms with E-state index in [0.29, 0.717) is 12.6 Å². The fourth-order valence-corrected chi connectivity index (χ4v) is 2.32. The van der Waals surface area contributed by atoms with Crippen LogP contribution in [0.3, 0.4) is 0 Å². The van der Waals surface area contributed by atoms with E-state index in [1.165, 1.54) is 51.4 Å². The number of hydrogen-bond acceptors (Lipinski definition) is 4. The lowest BCUT2D eigenvalue weighted by Gasteiger charge is -2.25. The van der Waals surface area contributed by atoms with Crippen LogP contribution in [-0.2, 0) is 0 Å². The van der Waals surface area contributed by atoms with E-state index in [1.54, 1.807) is 0 Å². The summed E-state index contributed by atoms with van der Waals surface area (Å²) >= 11 is 0.